The van der Waals surface area contributed by atoms with Crippen LogP contribution < -0.4 is 4.74 Å². The molecule has 0 bridgehead atoms. The normalized spacial score (nSPS) is 14.1. The molecule has 1 aromatic carbocycles. The minimum atomic E-state index is 0.410. The van der Waals surface area contributed by atoms with Crippen LogP contribution in [0.15, 0.2) is 28.8 Å². The molecular weight excluding hydrogens is 254 g/mol. The van der Waals surface area contributed by atoms with Crippen LogP contribution in [-0.4, -0.2) is 12.3 Å². The summed E-state index contributed by atoms with van der Waals surface area (Å²) in [5, 5.41) is 3.93. The van der Waals surface area contributed by atoms with Gasteiger partial charge in [0.1, 0.15) is 18.1 Å². The smallest absolute Gasteiger partial charge is 0.174 e. The molecule has 0 N–H and O–H groups in total. The fourth-order valence-electron chi connectivity index (χ4n) is 2.67. The Hall–Kier alpha value is -1.81. The molecule has 1 aliphatic rings. The van der Waals surface area contributed by atoms with Gasteiger partial charge in [0.2, 0.25) is 0 Å². The van der Waals surface area contributed by atoms with Gasteiger partial charge in [0.25, 0.3) is 0 Å². The Bertz CT molecular complexity index is 577. The predicted octanol–water partition coefficient (Wildman–Crippen LogP) is 3.28. The van der Waals surface area contributed by atoms with E-state index in [1.54, 1.807) is 7.11 Å². The molecule has 0 saturated heterocycles. The molecule has 4 nitrogen and oxygen atoms in total. The fourth-order valence-corrected chi connectivity index (χ4v) is 2.67. The van der Waals surface area contributed by atoms with Crippen LogP contribution in [0, 0.1) is 0 Å². The number of nitrogens with zero attached hydrogens (tertiary/aromatic N) is 1. The maximum absolute atomic E-state index is 5.91. The summed E-state index contributed by atoms with van der Waals surface area (Å²) in [6, 6.07) is 8.18. The van der Waals surface area contributed by atoms with E-state index in [1.165, 1.54) is 24.0 Å². The second-order valence-corrected chi connectivity index (χ2v) is 5.11. The quantitative estimate of drug-likeness (QED) is 0.838. The number of ether oxygens (including phenoxy) is 2. The van der Waals surface area contributed by atoms with Crippen LogP contribution in [0.2, 0.25) is 0 Å². The first-order valence-electron chi connectivity index (χ1n) is 7.04. The first-order chi connectivity index (χ1) is 9.86. The largest absolute Gasteiger partial charge is 0.485 e. The number of rotatable bonds is 5. The van der Waals surface area contributed by atoms with Crippen molar-refractivity contribution in [3.63, 3.8) is 0 Å². The van der Waals surface area contributed by atoms with E-state index in [0.29, 0.717) is 13.2 Å². The number of aryl methyl sites for hydroxylation is 1. The van der Waals surface area contributed by atoms with Crippen molar-refractivity contribution in [2.75, 3.05) is 7.11 Å². The zero-order valence-electron chi connectivity index (χ0n) is 11.7. The second kappa shape index (κ2) is 6.09. The van der Waals surface area contributed by atoms with E-state index in [2.05, 4.69) is 17.3 Å². The number of hydrogen-bond acceptors (Lipinski definition) is 4. The van der Waals surface area contributed by atoms with E-state index >= 15 is 0 Å². The van der Waals surface area contributed by atoms with Crippen molar-refractivity contribution in [2.24, 2.45) is 0 Å². The fraction of sp³-hybridized carbons (Fsp3) is 0.438. The second-order valence-electron chi connectivity index (χ2n) is 5.11. The Kier molecular flexibility index (Phi) is 4.02. The van der Waals surface area contributed by atoms with Crippen LogP contribution in [0.5, 0.6) is 5.75 Å². The summed E-state index contributed by atoms with van der Waals surface area (Å²) in [6.45, 7) is 0.872. The lowest BCUT2D eigenvalue weighted by Gasteiger charge is -2.18. The van der Waals surface area contributed by atoms with Gasteiger partial charge in [-0.3, -0.25) is 0 Å². The molecule has 0 aliphatic heterocycles. The molecule has 0 atom stereocenters. The van der Waals surface area contributed by atoms with Gasteiger partial charge < -0.3 is 14.0 Å². The Balaban J connectivity index is 1.68. The van der Waals surface area contributed by atoms with Crippen molar-refractivity contribution in [1.29, 1.82) is 0 Å². The number of aromatic nitrogens is 1. The van der Waals surface area contributed by atoms with E-state index in [1.807, 2.05) is 12.1 Å². The molecule has 1 aliphatic carbocycles. The maximum Gasteiger partial charge on any atom is 0.174 e. The monoisotopic (exact) mass is 273 g/mol. The van der Waals surface area contributed by atoms with Gasteiger partial charge in [0.05, 0.1) is 6.61 Å². The van der Waals surface area contributed by atoms with Crippen molar-refractivity contribution in [3.05, 3.63) is 46.8 Å². The number of fused-ring (bicyclic) bond motifs is 1. The molecule has 0 radical (unpaired) electrons. The lowest BCUT2D eigenvalue weighted by molar-refractivity contribution is 0.176. The minimum Gasteiger partial charge on any atom is -0.485 e. The number of benzene rings is 1. The van der Waals surface area contributed by atoms with Crippen LogP contribution >= 0.6 is 0 Å². The van der Waals surface area contributed by atoms with E-state index in [4.69, 9.17) is 14.0 Å². The number of methoxy groups -OCH3 is 1. The van der Waals surface area contributed by atoms with E-state index in [9.17, 15) is 0 Å². The average molecular weight is 273 g/mol. The topological polar surface area (TPSA) is 44.5 Å². The molecular formula is C16H19NO3. The van der Waals surface area contributed by atoms with Crippen molar-refractivity contribution < 1.29 is 14.0 Å². The number of hydrogen-bond donors (Lipinski definition) is 0. The summed E-state index contributed by atoms with van der Waals surface area (Å²) in [5.41, 5.74) is 3.57. The van der Waals surface area contributed by atoms with Gasteiger partial charge >= 0.3 is 0 Å². The van der Waals surface area contributed by atoms with Gasteiger partial charge in [0.15, 0.2) is 5.76 Å². The third-order valence-electron chi connectivity index (χ3n) is 3.62. The van der Waals surface area contributed by atoms with Gasteiger partial charge in [-0.05, 0) is 42.9 Å². The highest BCUT2D eigenvalue weighted by atomic mass is 16.5. The molecule has 1 aromatic heterocycles. The van der Waals surface area contributed by atoms with E-state index in [0.717, 1.165) is 30.0 Å². The van der Waals surface area contributed by atoms with E-state index in [-0.39, 0.29) is 0 Å². The summed E-state index contributed by atoms with van der Waals surface area (Å²) in [5.74, 6) is 1.71. The Labute approximate surface area is 118 Å². The molecule has 20 heavy (non-hydrogen) atoms. The van der Waals surface area contributed by atoms with Crippen LogP contribution in [0.1, 0.15) is 35.4 Å². The standard InChI is InChI=1S/C16H19NO3/c1-18-10-13-9-14(20-17-13)11-19-16-8-4-6-12-5-2-3-7-15(12)16/h4,6,8-9H,2-3,5,7,10-11H2,1H3. The Morgan fingerprint density at radius 2 is 2.10 bits per heavy atom. The molecule has 3 rings (SSSR count). The van der Waals surface area contributed by atoms with Crippen molar-refractivity contribution in [2.45, 2.75) is 38.9 Å². The SMILES string of the molecule is COCc1cc(COc2cccc3c2CCCC3)on1. The highest BCUT2D eigenvalue weighted by Gasteiger charge is 2.14. The Morgan fingerprint density at radius 3 is 3.00 bits per heavy atom. The molecule has 0 saturated carbocycles. The molecule has 4 heteroatoms. The van der Waals surface area contributed by atoms with Crippen LogP contribution in [0.4, 0.5) is 0 Å². The van der Waals surface area contributed by atoms with Crippen molar-refractivity contribution in [1.82, 2.24) is 5.16 Å². The first-order valence-corrected chi connectivity index (χ1v) is 7.04. The zero-order chi connectivity index (χ0) is 13.8. The van der Waals surface area contributed by atoms with Gasteiger partial charge in [0, 0.05) is 13.2 Å². The minimum absolute atomic E-state index is 0.410. The van der Waals surface area contributed by atoms with Crippen LogP contribution in [0.3, 0.4) is 0 Å². The van der Waals surface area contributed by atoms with Crippen LogP contribution in [0.25, 0.3) is 0 Å². The Morgan fingerprint density at radius 1 is 1.20 bits per heavy atom. The van der Waals surface area contributed by atoms with Crippen LogP contribution in [-0.2, 0) is 30.8 Å². The molecule has 1 heterocycles. The first kappa shape index (κ1) is 13.2. The van der Waals surface area contributed by atoms with Gasteiger partial charge in [-0.2, -0.15) is 0 Å². The summed E-state index contributed by atoms with van der Waals surface area (Å²) in [7, 11) is 1.64. The van der Waals surface area contributed by atoms with Crippen molar-refractivity contribution >= 4 is 0 Å². The van der Waals surface area contributed by atoms with Gasteiger partial charge in [-0.1, -0.05) is 17.3 Å². The summed E-state index contributed by atoms with van der Waals surface area (Å²) < 4.78 is 16.2. The molecule has 0 spiro atoms. The molecule has 0 fully saturated rings. The molecule has 0 unspecified atom stereocenters. The highest BCUT2D eigenvalue weighted by Crippen LogP contribution is 2.30. The van der Waals surface area contributed by atoms with Gasteiger partial charge in [-0.25, -0.2) is 0 Å². The average Bonchev–Trinajstić information content (AvgIpc) is 2.93. The highest BCUT2D eigenvalue weighted by molar-refractivity contribution is 5.41. The lowest BCUT2D eigenvalue weighted by atomic mass is 9.91. The predicted molar refractivity (Wildman–Crippen MR) is 74.6 cm³/mol. The molecule has 0 amide bonds. The van der Waals surface area contributed by atoms with Gasteiger partial charge in [-0.15, -0.1) is 0 Å². The lowest BCUT2D eigenvalue weighted by Crippen LogP contribution is -2.06. The maximum atomic E-state index is 5.91. The zero-order valence-corrected chi connectivity index (χ0v) is 11.7. The third kappa shape index (κ3) is 2.85. The molecule has 106 valence electrons. The summed E-state index contributed by atoms with van der Waals surface area (Å²) >= 11 is 0. The van der Waals surface area contributed by atoms with Crippen molar-refractivity contribution in [3.8, 4) is 5.75 Å². The molecule has 2 aromatic rings. The van der Waals surface area contributed by atoms with E-state index < -0.39 is 0 Å². The third-order valence-corrected chi connectivity index (χ3v) is 3.62. The summed E-state index contributed by atoms with van der Waals surface area (Å²) in [6.07, 6.45) is 4.79. The summed E-state index contributed by atoms with van der Waals surface area (Å²) in [4.78, 5) is 0.